The molecule has 5 nitrogen and oxygen atoms in total. The molecule has 0 unspecified atom stereocenters. The summed E-state index contributed by atoms with van der Waals surface area (Å²) >= 11 is 0. The van der Waals surface area contributed by atoms with E-state index < -0.39 is 0 Å². The second kappa shape index (κ2) is 13.8. The largest absolute Gasteiger partial charge is 0.508 e. The zero-order valence-electron chi connectivity index (χ0n) is 20.2. The van der Waals surface area contributed by atoms with Crippen LogP contribution in [0.2, 0.25) is 0 Å². The van der Waals surface area contributed by atoms with Crippen molar-refractivity contribution >= 4 is 23.8 Å². The Morgan fingerprint density at radius 2 is 1.60 bits per heavy atom. The maximum Gasteiger partial charge on any atom is 0.185 e. The van der Waals surface area contributed by atoms with E-state index in [1.165, 1.54) is 50.5 Å². The minimum atomic E-state index is -0.0971. The second-order valence-corrected chi connectivity index (χ2v) is 8.43. The lowest BCUT2D eigenvalue weighted by molar-refractivity contribution is 0.104. The lowest BCUT2D eigenvalue weighted by Gasteiger charge is -2.06. The molecule has 0 saturated carbocycles. The number of phenolic OH excluding ortho intramolecular Hbond substituents is 2. The van der Waals surface area contributed by atoms with E-state index in [0.717, 1.165) is 24.3 Å². The topological polar surface area (TPSA) is 79.1 Å². The molecule has 0 amide bonds. The molecule has 3 aromatic rings. The number of hydrogen-bond donors (Lipinski definition) is 2. The third-order valence-corrected chi connectivity index (χ3v) is 5.59. The number of ether oxygens (including phenoxy) is 1. The second-order valence-electron chi connectivity index (χ2n) is 8.43. The predicted molar refractivity (Wildman–Crippen MR) is 142 cm³/mol. The Balaban J connectivity index is 1.47. The summed E-state index contributed by atoms with van der Waals surface area (Å²) in [5.41, 5.74) is 2.63. The summed E-state index contributed by atoms with van der Waals surface area (Å²) in [7, 11) is 0. The Morgan fingerprint density at radius 1 is 0.886 bits per heavy atom. The van der Waals surface area contributed by atoms with Crippen molar-refractivity contribution in [3.8, 4) is 17.2 Å². The molecule has 0 radical (unpaired) electrons. The Labute approximate surface area is 207 Å². The first-order chi connectivity index (χ1) is 17.0. The van der Waals surface area contributed by atoms with E-state index in [1.807, 2.05) is 24.3 Å². The highest BCUT2D eigenvalue weighted by molar-refractivity contribution is 6.07. The maximum absolute atomic E-state index is 12.5. The summed E-state index contributed by atoms with van der Waals surface area (Å²) in [5.74, 6) is 0.685. The van der Waals surface area contributed by atoms with Crippen LogP contribution in [-0.4, -0.2) is 28.8 Å². The third kappa shape index (κ3) is 8.78. The number of unbranched alkanes of at least 4 members (excludes halogenated alkanes) is 5. The first-order valence-corrected chi connectivity index (χ1v) is 12.2. The van der Waals surface area contributed by atoms with E-state index in [-0.39, 0.29) is 17.3 Å². The Hall–Kier alpha value is -3.86. The molecule has 0 atom stereocenters. The molecule has 35 heavy (non-hydrogen) atoms. The number of phenols is 2. The van der Waals surface area contributed by atoms with Gasteiger partial charge in [0.25, 0.3) is 0 Å². The van der Waals surface area contributed by atoms with Gasteiger partial charge in [-0.05, 0) is 66.6 Å². The van der Waals surface area contributed by atoms with Gasteiger partial charge in [-0.1, -0.05) is 57.2 Å². The molecule has 0 aliphatic carbocycles. The molecule has 0 aliphatic heterocycles. The third-order valence-electron chi connectivity index (χ3n) is 5.59. The number of aliphatic imine (C=N–C) groups is 1. The highest BCUT2D eigenvalue weighted by Crippen LogP contribution is 2.22. The number of allylic oxidation sites excluding steroid dienone is 1. The quantitative estimate of drug-likeness (QED) is 0.117. The van der Waals surface area contributed by atoms with E-state index in [1.54, 1.807) is 42.5 Å². The van der Waals surface area contributed by atoms with Gasteiger partial charge in [0, 0.05) is 23.4 Å². The van der Waals surface area contributed by atoms with Crippen LogP contribution in [0, 0.1) is 0 Å². The van der Waals surface area contributed by atoms with Crippen molar-refractivity contribution in [3.63, 3.8) is 0 Å². The molecule has 0 spiro atoms. The molecule has 3 rings (SSSR count). The predicted octanol–water partition coefficient (Wildman–Crippen LogP) is 7.48. The first-order valence-electron chi connectivity index (χ1n) is 12.2. The molecule has 182 valence electrons. The van der Waals surface area contributed by atoms with Crippen molar-refractivity contribution in [1.29, 1.82) is 0 Å². The van der Waals surface area contributed by atoms with Crippen molar-refractivity contribution in [1.82, 2.24) is 0 Å². The van der Waals surface area contributed by atoms with Gasteiger partial charge < -0.3 is 14.9 Å². The van der Waals surface area contributed by atoms with E-state index in [9.17, 15) is 15.0 Å². The van der Waals surface area contributed by atoms with E-state index in [4.69, 9.17) is 4.74 Å². The molecule has 2 N–H and O–H groups in total. The molecule has 0 bridgehead atoms. The van der Waals surface area contributed by atoms with Crippen LogP contribution in [0.1, 0.15) is 66.9 Å². The first kappa shape index (κ1) is 25.8. The van der Waals surface area contributed by atoms with Gasteiger partial charge in [0.1, 0.15) is 17.2 Å². The number of carbonyl (C=O) groups is 1. The van der Waals surface area contributed by atoms with Crippen molar-refractivity contribution < 1.29 is 19.7 Å². The number of ketones is 1. The zero-order valence-corrected chi connectivity index (χ0v) is 20.2. The molecule has 5 heteroatoms. The summed E-state index contributed by atoms with van der Waals surface area (Å²) in [5, 5.41) is 19.2. The average Bonchev–Trinajstić information content (AvgIpc) is 2.87. The van der Waals surface area contributed by atoms with E-state index in [2.05, 4.69) is 11.9 Å². The van der Waals surface area contributed by atoms with Crippen LogP contribution in [0.25, 0.3) is 6.08 Å². The Morgan fingerprint density at radius 3 is 2.31 bits per heavy atom. The van der Waals surface area contributed by atoms with Crippen LogP contribution in [0.5, 0.6) is 17.2 Å². The van der Waals surface area contributed by atoms with Crippen molar-refractivity contribution in [2.45, 2.75) is 45.4 Å². The average molecular weight is 472 g/mol. The summed E-state index contributed by atoms with van der Waals surface area (Å²) in [6, 6.07) is 19.0. The highest BCUT2D eigenvalue weighted by Gasteiger charge is 2.03. The lowest BCUT2D eigenvalue weighted by Crippen LogP contribution is -1.97. The van der Waals surface area contributed by atoms with Crippen molar-refractivity contribution in [3.05, 3.63) is 89.5 Å². The van der Waals surface area contributed by atoms with Crippen LogP contribution in [0.4, 0.5) is 5.69 Å². The highest BCUT2D eigenvalue weighted by atomic mass is 16.5. The van der Waals surface area contributed by atoms with Crippen molar-refractivity contribution in [2.24, 2.45) is 4.99 Å². The maximum atomic E-state index is 12.5. The molecular formula is C30H33NO4. The summed E-state index contributed by atoms with van der Waals surface area (Å²) in [4.78, 5) is 16.8. The van der Waals surface area contributed by atoms with Crippen LogP contribution >= 0.6 is 0 Å². The van der Waals surface area contributed by atoms with Gasteiger partial charge in [0.05, 0.1) is 12.3 Å². The smallest absolute Gasteiger partial charge is 0.185 e. The number of hydrogen-bond acceptors (Lipinski definition) is 5. The van der Waals surface area contributed by atoms with Gasteiger partial charge in [0.15, 0.2) is 5.78 Å². The molecule has 3 aromatic carbocycles. The normalized spacial score (nSPS) is 11.3. The standard InChI is InChI=1S/C30H33NO4/c1-2-3-4-5-6-7-20-35-28-17-8-23(9-18-28)10-19-29(33)24-11-14-26(15-12-24)31-22-25-13-16-27(32)21-30(25)34/h8-19,21-22,32,34H,2-7,20H2,1H3. The zero-order chi connectivity index (χ0) is 24.9. The van der Waals surface area contributed by atoms with Crippen LogP contribution in [0.15, 0.2) is 77.8 Å². The van der Waals surface area contributed by atoms with Gasteiger partial charge in [-0.25, -0.2) is 0 Å². The molecule has 0 aliphatic rings. The minimum Gasteiger partial charge on any atom is -0.508 e. The Bertz CT molecular complexity index is 1130. The van der Waals surface area contributed by atoms with Gasteiger partial charge in [0.2, 0.25) is 0 Å². The SMILES string of the molecule is CCCCCCCCOc1ccc(C=CC(=O)c2ccc(N=Cc3ccc(O)cc3O)cc2)cc1. The van der Waals surface area contributed by atoms with Crippen LogP contribution in [0.3, 0.4) is 0 Å². The molecule has 0 heterocycles. The monoisotopic (exact) mass is 471 g/mol. The van der Waals surface area contributed by atoms with Crippen molar-refractivity contribution in [2.75, 3.05) is 6.61 Å². The van der Waals surface area contributed by atoms with Crippen LogP contribution in [-0.2, 0) is 0 Å². The molecule has 0 fully saturated rings. The van der Waals surface area contributed by atoms with E-state index >= 15 is 0 Å². The summed E-state index contributed by atoms with van der Waals surface area (Å²) in [6.45, 7) is 2.96. The van der Waals surface area contributed by atoms with Gasteiger partial charge in [-0.2, -0.15) is 0 Å². The number of carbonyl (C=O) groups excluding carboxylic acids is 1. The fourth-order valence-corrected chi connectivity index (χ4v) is 3.51. The fourth-order valence-electron chi connectivity index (χ4n) is 3.51. The van der Waals surface area contributed by atoms with E-state index in [0.29, 0.717) is 16.8 Å². The summed E-state index contributed by atoms with van der Waals surface area (Å²) in [6.07, 6.45) is 12.3. The van der Waals surface area contributed by atoms with Crippen LogP contribution < -0.4 is 4.74 Å². The lowest BCUT2D eigenvalue weighted by atomic mass is 10.1. The number of aromatic hydroxyl groups is 2. The molecule has 0 aromatic heterocycles. The van der Waals surface area contributed by atoms with Gasteiger partial charge in [-0.3, -0.25) is 9.79 Å². The van der Waals surface area contributed by atoms with Gasteiger partial charge >= 0.3 is 0 Å². The fraction of sp³-hybridized carbons (Fsp3) is 0.267. The molecular weight excluding hydrogens is 438 g/mol. The minimum absolute atomic E-state index is 0.0108. The Kier molecular flexibility index (Phi) is 10.1. The number of rotatable bonds is 13. The number of benzene rings is 3. The number of nitrogens with zero attached hydrogens (tertiary/aromatic N) is 1. The summed E-state index contributed by atoms with van der Waals surface area (Å²) < 4.78 is 5.81. The van der Waals surface area contributed by atoms with Gasteiger partial charge in [-0.15, -0.1) is 0 Å². The molecule has 0 saturated heterocycles.